The summed E-state index contributed by atoms with van der Waals surface area (Å²) in [5.41, 5.74) is 4.66. The average Bonchev–Trinajstić information content (AvgIpc) is 2.20. The van der Waals surface area contributed by atoms with Gasteiger partial charge < -0.3 is 0 Å². The van der Waals surface area contributed by atoms with Gasteiger partial charge in [-0.3, -0.25) is 4.79 Å². The molecule has 0 heterocycles. The molecule has 0 aromatic heterocycles. The summed E-state index contributed by atoms with van der Waals surface area (Å²) in [6.07, 6.45) is 3.33. The molecule has 0 N–H and O–H groups in total. The molecule has 0 atom stereocenters. The third-order valence-electron chi connectivity index (χ3n) is 1.80. The highest BCUT2D eigenvalue weighted by Crippen LogP contribution is 2.22. The first-order chi connectivity index (χ1) is 4.75. The zero-order valence-corrected chi connectivity index (χ0v) is 6.11. The molecule has 0 saturated heterocycles. The van der Waals surface area contributed by atoms with Gasteiger partial charge in [-0.25, -0.2) is 0 Å². The Labute approximate surface area is 60.7 Å². The van der Waals surface area contributed by atoms with Crippen molar-refractivity contribution in [2.75, 3.05) is 0 Å². The van der Waals surface area contributed by atoms with Crippen molar-refractivity contribution in [3.63, 3.8) is 0 Å². The second-order valence-corrected chi connectivity index (χ2v) is 2.42. The predicted octanol–water partition coefficient (Wildman–Crippen LogP) is 2.01. The van der Waals surface area contributed by atoms with E-state index < -0.39 is 0 Å². The Balaban J connectivity index is 2.95. The van der Waals surface area contributed by atoms with E-state index in [2.05, 4.69) is 12.3 Å². The molecule has 0 amide bonds. The van der Waals surface area contributed by atoms with Crippen LogP contribution in [0.5, 0.6) is 0 Å². The summed E-state index contributed by atoms with van der Waals surface area (Å²) >= 11 is 0. The molecule has 0 aromatic carbocycles. The first-order valence-electron chi connectivity index (χ1n) is 3.34. The van der Waals surface area contributed by atoms with Crippen molar-refractivity contribution in [3.05, 3.63) is 29.5 Å². The largest absolute Gasteiger partial charge is 0.295 e. The smallest absolute Gasteiger partial charge is 0.159 e. The average molecular weight is 134 g/mol. The number of allylic oxidation sites excluding steroid dienone is 3. The van der Waals surface area contributed by atoms with Crippen molar-refractivity contribution in [2.24, 2.45) is 0 Å². The summed E-state index contributed by atoms with van der Waals surface area (Å²) in [5.74, 6) is 0.265. The monoisotopic (exact) mass is 134 g/mol. The fourth-order valence-corrected chi connectivity index (χ4v) is 1.11. The van der Waals surface area contributed by atoms with Crippen LogP contribution in [-0.2, 0) is 4.79 Å². The summed E-state index contributed by atoms with van der Waals surface area (Å²) in [5, 5.41) is 0. The van der Waals surface area contributed by atoms with Crippen molar-refractivity contribution in [1.82, 2.24) is 0 Å². The predicted molar refractivity (Wildman–Crippen MR) is 40.7 cm³/mol. The van der Waals surface area contributed by atoms with Gasteiger partial charge in [-0.05, 0) is 30.6 Å². The SMILES string of the molecule is C=C=CC1=C(C)C(=O)CC1. The second kappa shape index (κ2) is 2.68. The Hall–Kier alpha value is -1.07. The molecule has 0 radical (unpaired) electrons. The third kappa shape index (κ3) is 1.09. The van der Waals surface area contributed by atoms with E-state index in [1.54, 1.807) is 6.08 Å². The van der Waals surface area contributed by atoms with Gasteiger partial charge in [-0.1, -0.05) is 6.58 Å². The number of hydrogen-bond donors (Lipinski definition) is 0. The number of carbonyl (C=O) groups is 1. The number of Topliss-reactive ketones (excluding diaryl/α,β-unsaturated/α-hetero) is 1. The maximum Gasteiger partial charge on any atom is 0.159 e. The molecule has 0 bridgehead atoms. The van der Waals surface area contributed by atoms with Crippen LogP contribution in [0.4, 0.5) is 0 Å². The highest BCUT2D eigenvalue weighted by Gasteiger charge is 2.16. The number of hydrogen-bond acceptors (Lipinski definition) is 1. The number of rotatable bonds is 1. The second-order valence-electron chi connectivity index (χ2n) is 2.42. The Morgan fingerprint density at radius 3 is 2.70 bits per heavy atom. The standard InChI is InChI=1S/C9H10O/c1-3-4-8-5-6-9(10)7(8)2/h4H,1,5-6H2,2H3. The van der Waals surface area contributed by atoms with Crippen molar-refractivity contribution in [2.45, 2.75) is 19.8 Å². The van der Waals surface area contributed by atoms with E-state index in [9.17, 15) is 4.79 Å². The molecule has 52 valence electrons. The van der Waals surface area contributed by atoms with Crippen LogP contribution < -0.4 is 0 Å². The molecular weight excluding hydrogens is 124 g/mol. The third-order valence-corrected chi connectivity index (χ3v) is 1.80. The van der Waals surface area contributed by atoms with Crippen molar-refractivity contribution in [1.29, 1.82) is 0 Å². The van der Waals surface area contributed by atoms with E-state index in [1.165, 1.54) is 0 Å². The van der Waals surface area contributed by atoms with Gasteiger partial charge in [0, 0.05) is 6.42 Å². The molecule has 0 fully saturated rings. The Bertz CT molecular complexity index is 239. The molecule has 0 aromatic rings. The molecule has 0 unspecified atom stereocenters. The van der Waals surface area contributed by atoms with E-state index in [0.717, 1.165) is 17.6 Å². The van der Waals surface area contributed by atoms with Gasteiger partial charge in [0.1, 0.15) is 0 Å². The highest BCUT2D eigenvalue weighted by atomic mass is 16.1. The van der Waals surface area contributed by atoms with Crippen molar-refractivity contribution in [3.8, 4) is 0 Å². The van der Waals surface area contributed by atoms with E-state index in [-0.39, 0.29) is 5.78 Å². The molecule has 1 heteroatoms. The van der Waals surface area contributed by atoms with E-state index in [4.69, 9.17) is 0 Å². The lowest BCUT2D eigenvalue weighted by Crippen LogP contribution is -1.89. The van der Waals surface area contributed by atoms with Crippen LogP contribution in [0.3, 0.4) is 0 Å². The van der Waals surface area contributed by atoms with E-state index in [1.807, 2.05) is 6.92 Å². The molecule has 1 nitrogen and oxygen atoms in total. The van der Waals surface area contributed by atoms with Gasteiger partial charge in [0.25, 0.3) is 0 Å². The van der Waals surface area contributed by atoms with Crippen LogP contribution in [0.1, 0.15) is 19.8 Å². The van der Waals surface area contributed by atoms with Gasteiger partial charge >= 0.3 is 0 Å². The maximum absolute atomic E-state index is 10.9. The minimum absolute atomic E-state index is 0.265. The molecule has 10 heavy (non-hydrogen) atoms. The molecule has 0 spiro atoms. The first-order valence-corrected chi connectivity index (χ1v) is 3.34. The zero-order chi connectivity index (χ0) is 7.56. The summed E-state index contributed by atoms with van der Waals surface area (Å²) in [6, 6.07) is 0. The minimum Gasteiger partial charge on any atom is -0.295 e. The summed E-state index contributed by atoms with van der Waals surface area (Å²) in [7, 11) is 0. The number of carbonyl (C=O) groups excluding carboxylic acids is 1. The Morgan fingerprint density at radius 2 is 2.30 bits per heavy atom. The lowest BCUT2D eigenvalue weighted by molar-refractivity contribution is -0.114. The Morgan fingerprint density at radius 1 is 1.60 bits per heavy atom. The summed E-state index contributed by atoms with van der Waals surface area (Å²) < 4.78 is 0. The van der Waals surface area contributed by atoms with Crippen LogP contribution in [0, 0.1) is 0 Å². The highest BCUT2D eigenvalue weighted by molar-refractivity contribution is 5.98. The fourth-order valence-electron chi connectivity index (χ4n) is 1.11. The van der Waals surface area contributed by atoms with Gasteiger partial charge in [-0.2, -0.15) is 0 Å². The normalized spacial score (nSPS) is 17.5. The minimum atomic E-state index is 0.265. The van der Waals surface area contributed by atoms with Crippen LogP contribution >= 0.6 is 0 Å². The van der Waals surface area contributed by atoms with E-state index >= 15 is 0 Å². The molecule has 1 aliphatic rings. The maximum atomic E-state index is 10.9. The molecule has 1 rings (SSSR count). The lowest BCUT2D eigenvalue weighted by Gasteiger charge is -1.88. The molecule has 1 aliphatic carbocycles. The summed E-state index contributed by atoms with van der Waals surface area (Å²) in [6.45, 7) is 5.32. The zero-order valence-electron chi connectivity index (χ0n) is 6.11. The van der Waals surface area contributed by atoms with Crippen LogP contribution in [0.25, 0.3) is 0 Å². The molecular formula is C9H10O. The lowest BCUT2D eigenvalue weighted by atomic mass is 10.2. The quantitative estimate of drug-likeness (QED) is 0.501. The molecule has 0 aliphatic heterocycles. The first kappa shape index (κ1) is 7.04. The van der Waals surface area contributed by atoms with Gasteiger partial charge in [0.15, 0.2) is 5.78 Å². The van der Waals surface area contributed by atoms with Gasteiger partial charge in [0.05, 0.1) is 0 Å². The number of ketones is 1. The van der Waals surface area contributed by atoms with Crippen molar-refractivity contribution < 1.29 is 4.79 Å². The topological polar surface area (TPSA) is 17.1 Å². The molecule has 0 saturated carbocycles. The Kier molecular flexibility index (Phi) is 1.88. The fraction of sp³-hybridized carbons (Fsp3) is 0.333. The van der Waals surface area contributed by atoms with Crippen LogP contribution in [0.15, 0.2) is 29.5 Å². The van der Waals surface area contributed by atoms with Gasteiger partial charge in [-0.15, -0.1) is 5.73 Å². The summed E-state index contributed by atoms with van der Waals surface area (Å²) in [4.78, 5) is 10.9. The van der Waals surface area contributed by atoms with Crippen molar-refractivity contribution >= 4 is 5.78 Å². The van der Waals surface area contributed by atoms with Crippen LogP contribution in [-0.4, -0.2) is 5.78 Å². The van der Waals surface area contributed by atoms with Crippen LogP contribution in [0.2, 0.25) is 0 Å². The van der Waals surface area contributed by atoms with E-state index in [0.29, 0.717) is 6.42 Å². The van der Waals surface area contributed by atoms with Gasteiger partial charge in [0.2, 0.25) is 0 Å².